The van der Waals surface area contributed by atoms with Gasteiger partial charge in [-0.05, 0) is 15.9 Å². The maximum absolute atomic E-state index is 5.92. The van der Waals surface area contributed by atoms with E-state index in [4.69, 9.17) is 21.4 Å². The fourth-order valence-corrected chi connectivity index (χ4v) is 3.63. The van der Waals surface area contributed by atoms with E-state index in [0.717, 1.165) is 51.5 Å². The quantitative estimate of drug-likeness (QED) is 0.742. The lowest BCUT2D eigenvalue weighted by molar-refractivity contribution is 0.121. The molecular formula is C11H10BrNO2S2. The minimum Gasteiger partial charge on any atom is -0.438 e. The third kappa shape index (κ3) is 2.14. The molecule has 0 unspecified atom stereocenters. The summed E-state index contributed by atoms with van der Waals surface area (Å²) < 4.78 is 14.1. The van der Waals surface area contributed by atoms with Crippen LogP contribution in [0.1, 0.15) is 0 Å². The molecular weight excluding hydrogens is 322 g/mol. The normalized spacial score (nSPS) is 16.6. The monoisotopic (exact) mass is 331 g/mol. The van der Waals surface area contributed by atoms with Crippen molar-refractivity contribution in [2.24, 2.45) is 0 Å². The maximum atomic E-state index is 5.92. The number of hydrogen-bond acceptors (Lipinski definition) is 5. The van der Waals surface area contributed by atoms with Crippen molar-refractivity contribution in [2.75, 3.05) is 31.2 Å². The summed E-state index contributed by atoms with van der Waals surface area (Å²) in [5.74, 6) is 0.838. The summed E-state index contributed by atoms with van der Waals surface area (Å²) in [5.41, 5.74) is 0.851. The highest BCUT2D eigenvalue weighted by Crippen LogP contribution is 2.34. The van der Waals surface area contributed by atoms with Crippen LogP contribution in [-0.4, -0.2) is 26.3 Å². The number of hydrogen-bond donors (Lipinski definition) is 0. The predicted octanol–water partition coefficient (Wildman–Crippen LogP) is 3.82. The molecule has 6 heteroatoms. The number of morpholine rings is 1. The number of thiophene rings is 1. The van der Waals surface area contributed by atoms with Gasteiger partial charge in [-0.15, -0.1) is 11.3 Å². The van der Waals surface area contributed by atoms with E-state index in [-0.39, 0.29) is 0 Å². The average molecular weight is 332 g/mol. The standard InChI is InChI=1S/C11H10BrNO2S2/c12-7-6-17-11-8(16)5-9(15-10(7)11)13-1-3-14-4-2-13/h5-6H,1-4H2. The van der Waals surface area contributed by atoms with E-state index in [0.29, 0.717) is 0 Å². The molecule has 3 rings (SSSR count). The van der Waals surface area contributed by atoms with Gasteiger partial charge in [0.15, 0.2) is 11.5 Å². The maximum Gasteiger partial charge on any atom is 0.197 e. The molecule has 17 heavy (non-hydrogen) atoms. The molecule has 0 aromatic carbocycles. The van der Waals surface area contributed by atoms with Crippen LogP contribution in [0.4, 0.5) is 5.88 Å². The minimum atomic E-state index is 0.741. The zero-order valence-electron chi connectivity index (χ0n) is 8.94. The molecule has 1 saturated heterocycles. The Kier molecular flexibility index (Phi) is 3.21. The van der Waals surface area contributed by atoms with E-state index in [9.17, 15) is 0 Å². The van der Waals surface area contributed by atoms with E-state index >= 15 is 0 Å². The van der Waals surface area contributed by atoms with Crippen molar-refractivity contribution < 1.29 is 9.15 Å². The summed E-state index contributed by atoms with van der Waals surface area (Å²) in [4.78, 5) is 2.17. The van der Waals surface area contributed by atoms with Crippen molar-refractivity contribution >= 4 is 55.7 Å². The van der Waals surface area contributed by atoms with Crippen LogP contribution in [0, 0.1) is 4.51 Å². The first kappa shape index (κ1) is 11.6. The van der Waals surface area contributed by atoms with Gasteiger partial charge in [0.05, 0.1) is 26.9 Å². The van der Waals surface area contributed by atoms with E-state index < -0.39 is 0 Å². The molecule has 0 aliphatic carbocycles. The van der Waals surface area contributed by atoms with Gasteiger partial charge in [0.25, 0.3) is 0 Å². The zero-order valence-corrected chi connectivity index (χ0v) is 12.2. The lowest BCUT2D eigenvalue weighted by Crippen LogP contribution is -2.36. The van der Waals surface area contributed by atoms with Crippen LogP contribution in [0.3, 0.4) is 0 Å². The third-order valence-electron chi connectivity index (χ3n) is 2.71. The van der Waals surface area contributed by atoms with Gasteiger partial charge in [0.2, 0.25) is 0 Å². The summed E-state index contributed by atoms with van der Waals surface area (Å²) >= 11 is 10.5. The molecule has 3 heterocycles. The van der Waals surface area contributed by atoms with Gasteiger partial charge >= 0.3 is 0 Å². The Balaban J connectivity index is 2.10. The zero-order chi connectivity index (χ0) is 11.8. The highest BCUT2D eigenvalue weighted by molar-refractivity contribution is 9.10. The molecule has 0 bridgehead atoms. The van der Waals surface area contributed by atoms with Crippen LogP contribution in [0.15, 0.2) is 20.3 Å². The first-order valence-corrected chi connectivity index (χ1v) is 7.37. The second-order valence-electron chi connectivity index (χ2n) is 3.79. The summed E-state index contributed by atoms with van der Waals surface area (Å²) in [6.45, 7) is 3.19. The summed E-state index contributed by atoms with van der Waals surface area (Å²) in [6.07, 6.45) is 0. The summed E-state index contributed by atoms with van der Waals surface area (Å²) in [5, 5.41) is 2.01. The van der Waals surface area contributed by atoms with Gasteiger partial charge < -0.3 is 14.1 Å². The first-order chi connectivity index (χ1) is 8.25. The molecule has 1 aliphatic rings. The van der Waals surface area contributed by atoms with E-state index in [1.807, 2.05) is 11.4 Å². The second kappa shape index (κ2) is 4.68. The molecule has 2 aromatic heterocycles. The van der Waals surface area contributed by atoms with Crippen LogP contribution in [0.5, 0.6) is 0 Å². The number of halogens is 1. The second-order valence-corrected chi connectivity index (χ2v) is 5.96. The Bertz CT molecular complexity index is 601. The molecule has 90 valence electrons. The highest BCUT2D eigenvalue weighted by atomic mass is 79.9. The van der Waals surface area contributed by atoms with Crippen molar-refractivity contribution in [1.29, 1.82) is 0 Å². The predicted molar refractivity (Wildman–Crippen MR) is 75.7 cm³/mol. The lowest BCUT2D eigenvalue weighted by atomic mass is 10.4. The molecule has 0 radical (unpaired) electrons. The minimum absolute atomic E-state index is 0.741. The fraction of sp³-hybridized carbons (Fsp3) is 0.364. The number of anilines is 1. The van der Waals surface area contributed by atoms with Crippen LogP contribution in [-0.2, 0) is 4.74 Å². The Morgan fingerprint density at radius 2 is 2.12 bits per heavy atom. The average Bonchev–Trinajstić information content (AvgIpc) is 2.73. The van der Waals surface area contributed by atoms with Crippen molar-refractivity contribution in [3.05, 3.63) is 20.4 Å². The third-order valence-corrected chi connectivity index (χ3v) is 5.05. The highest BCUT2D eigenvalue weighted by Gasteiger charge is 2.15. The summed E-state index contributed by atoms with van der Waals surface area (Å²) in [6, 6.07) is 1.94. The van der Waals surface area contributed by atoms with E-state index in [2.05, 4.69) is 20.8 Å². The molecule has 0 atom stereocenters. The molecule has 0 saturated carbocycles. The SMILES string of the molecule is S=c1cc(N2CCOCC2)oc2c(Br)csc12. The Morgan fingerprint density at radius 3 is 2.88 bits per heavy atom. The van der Waals surface area contributed by atoms with Gasteiger partial charge in [0, 0.05) is 24.5 Å². The van der Waals surface area contributed by atoms with Gasteiger partial charge in [-0.2, -0.15) is 0 Å². The smallest absolute Gasteiger partial charge is 0.197 e. The topological polar surface area (TPSA) is 25.6 Å². The Labute approximate surface area is 116 Å². The van der Waals surface area contributed by atoms with E-state index in [1.165, 1.54) is 0 Å². The summed E-state index contributed by atoms with van der Waals surface area (Å²) in [7, 11) is 0. The largest absolute Gasteiger partial charge is 0.438 e. The van der Waals surface area contributed by atoms with Gasteiger partial charge in [0.1, 0.15) is 0 Å². The van der Waals surface area contributed by atoms with Gasteiger partial charge in [-0.1, -0.05) is 12.2 Å². The number of rotatable bonds is 1. The van der Waals surface area contributed by atoms with Crippen molar-refractivity contribution in [3.63, 3.8) is 0 Å². The van der Waals surface area contributed by atoms with Crippen LogP contribution in [0.2, 0.25) is 0 Å². The Morgan fingerprint density at radius 1 is 1.35 bits per heavy atom. The molecule has 2 aromatic rings. The Hall–Kier alpha value is -0.430. The molecule has 1 fully saturated rings. The first-order valence-electron chi connectivity index (χ1n) is 5.29. The van der Waals surface area contributed by atoms with Gasteiger partial charge in [-0.3, -0.25) is 0 Å². The fourth-order valence-electron chi connectivity index (χ4n) is 1.84. The number of fused-ring (bicyclic) bond motifs is 1. The van der Waals surface area contributed by atoms with Crippen molar-refractivity contribution in [3.8, 4) is 0 Å². The van der Waals surface area contributed by atoms with Crippen molar-refractivity contribution in [1.82, 2.24) is 0 Å². The van der Waals surface area contributed by atoms with Crippen molar-refractivity contribution in [2.45, 2.75) is 0 Å². The molecule has 3 nitrogen and oxygen atoms in total. The molecule has 0 N–H and O–H groups in total. The number of nitrogens with zero attached hydrogens (tertiary/aromatic N) is 1. The van der Waals surface area contributed by atoms with Gasteiger partial charge in [-0.25, -0.2) is 0 Å². The molecule has 1 aliphatic heterocycles. The molecule has 0 spiro atoms. The van der Waals surface area contributed by atoms with Crippen LogP contribution >= 0.6 is 39.5 Å². The lowest BCUT2D eigenvalue weighted by Gasteiger charge is -2.27. The number of ether oxygens (including phenoxy) is 1. The van der Waals surface area contributed by atoms with E-state index in [1.54, 1.807) is 11.3 Å². The van der Waals surface area contributed by atoms with Crippen LogP contribution < -0.4 is 4.90 Å². The van der Waals surface area contributed by atoms with Crippen LogP contribution in [0.25, 0.3) is 10.3 Å². The molecule has 0 amide bonds.